The summed E-state index contributed by atoms with van der Waals surface area (Å²) in [6.07, 6.45) is 5.81. The van der Waals surface area contributed by atoms with E-state index in [0.29, 0.717) is 17.7 Å². The van der Waals surface area contributed by atoms with Crippen molar-refractivity contribution in [3.63, 3.8) is 0 Å². The molecule has 0 spiro atoms. The first-order chi connectivity index (χ1) is 10.1. The van der Waals surface area contributed by atoms with Crippen LogP contribution in [0.1, 0.15) is 21.5 Å². The molecule has 2 aromatic rings. The number of pyridine rings is 1. The number of rotatable bonds is 5. The van der Waals surface area contributed by atoms with Crippen LogP contribution in [0.5, 0.6) is 0 Å². The van der Waals surface area contributed by atoms with Gasteiger partial charge in [-0.15, -0.1) is 0 Å². The second-order valence-electron chi connectivity index (χ2n) is 4.34. The summed E-state index contributed by atoms with van der Waals surface area (Å²) in [4.78, 5) is 26.4. The highest BCUT2D eigenvalue weighted by Gasteiger charge is 2.05. The number of nitrogens with zero attached hydrogens (tertiary/aromatic N) is 1. The van der Waals surface area contributed by atoms with Crippen LogP contribution in [0.2, 0.25) is 0 Å². The third-order valence-electron chi connectivity index (χ3n) is 2.77. The smallest absolute Gasteiger partial charge is 0.328 e. The van der Waals surface area contributed by atoms with Crippen molar-refractivity contribution in [2.24, 2.45) is 0 Å². The van der Waals surface area contributed by atoms with Crippen molar-refractivity contribution in [2.45, 2.75) is 6.54 Å². The van der Waals surface area contributed by atoms with Gasteiger partial charge in [0.25, 0.3) is 5.91 Å². The molecule has 0 aliphatic heterocycles. The summed E-state index contributed by atoms with van der Waals surface area (Å²) in [5.74, 6) is -1.24. The predicted octanol–water partition coefficient (Wildman–Crippen LogP) is 2.11. The van der Waals surface area contributed by atoms with E-state index < -0.39 is 5.97 Å². The van der Waals surface area contributed by atoms with Gasteiger partial charge >= 0.3 is 5.97 Å². The lowest BCUT2D eigenvalue weighted by atomic mass is 10.1. The largest absolute Gasteiger partial charge is 0.478 e. The molecule has 0 atom stereocenters. The van der Waals surface area contributed by atoms with Gasteiger partial charge in [-0.1, -0.05) is 12.1 Å². The number of benzene rings is 1. The molecule has 5 nitrogen and oxygen atoms in total. The maximum atomic E-state index is 12.0. The third kappa shape index (κ3) is 4.58. The quantitative estimate of drug-likeness (QED) is 0.823. The van der Waals surface area contributed by atoms with Crippen LogP contribution in [0.4, 0.5) is 0 Å². The van der Waals surface area contributed by atoms with Crippen LogP contribution < -0.4 is 5.32 Å². The van der Waals surface area contributed by atoms with Gasteiger partial charge in [-0.25, -0.2) is 4.79 Å². The number of carboxylic acids is 1. The van der Waals surface area contributed by atoms with Gasteiger partial charge in [0.15, 0.2) is 0 Å². The topological polar surface area (TPSA) is 79.3 Å². The molecular weight excluding hydrogens is 268 g/mol. The molecule has 1 heterocycles. The van der Waals surface area contributed by atoms with Crippen molar-refractivity contribution >= 4 is 18.0 Å². The minimum absolute atomic E-state index is 0.211. The zero-order chi connectivity index (χ0) is 15.1. The van der Waals surface area contributed by atoms with E-state index in [1.165, 1.54) is 6.08 Å². The molecular formula is C16H14N2O3. The van der Waals surface area contributed by atoms with Crippen LogP contribution in [-0.2, 0) is 11.3 Å². The standard InChI is InChI=1S/C16H14N2O3/c19-15(20)5-4-12-2-1-3-14(10-12)16(21)18-11-13-6-8-17-9-7-13/h1-10H,11H2,(H,18,21)(H,19,20). The summed E-state index contributed by atoms with van der Waals surface area (Å²) < 4.78 is 0. The molecule has 0 saturated carbocycles. The van der Waals surface area contributed by atoms with Crippen molar-refractivity contribution in [1.29, 1.82) is 0 Å². The number of aliphatic carboxylic acids is 1. The average molecular weight is 282 g/mol. The lowest BCUT2D eigenvalue weighted by molar-refractivity contribution is -0.131. The number of aromatic nitrogens is 1. The molecule has 2 N–H and O–H groups in total. The number of hydrogen-bond acceptors (Lipinski definition) is 3. The first-order valence-electron chi connectivity index (χ1n) is 6.33. The first kappa shape index (κ1) is 14.5. The van der Waals surface area contributed by atoms with Crippen LogP contribution in [0.3, 0.4) is 0 Å². The van der Waals surface area contributed by atoms with Gasteiger partial charge in [-0.2, -0.15) is 0 Å². The summed E-state index contributed by atoms with van der Waals surface area (Å²) in [7, 11) is 0. The molecule has 0 radical (unpaired) electrons. The molecule has 0 aliphatic carbocycles. The maximum absolute atomic E-state index is 12.0. The summed E-state index contributed by atoms with van der Waals surface area (Å²) >= 11 is 0. The second-order valence-corrected chi connectivity index (χ2v) is 4.34. The number of nitrogens with one attached hydrogen (secondary N) is 1. The van der Waals surface area contributed by atoms with Gasteiger partial charge in [0.05, 0.1) is 0 Å². The Labute approximate surface area is 122 Å². The van der Waals surface area contributed by atoms with Gasteiger partial charge in [-0.3, -0.25) is 9.78 Å². The molecule has 0 aliphatic rings. The van der Waals surface area contributed by atoms with Crippen LogP contribution in [0.25, 0.3) is 6.08 Å². The highest BCUT2D eigenvalue weighted by Crippen LogP contribution is 2.07. The van der Waals surface area contributed by atoms with E-state index in [1.54, 1.807) is 36.7 Å². The number of carbonyl (C=O) groups excluding carboxylic acids is 1. The fourth-order valence-electron chi connectivity index (χ4n) is 1.74. The Morgan fingerprint density at radius 1 is 1.19 bits per heavy atom. The van der Waals surface area contributed by atoms with E-state index in [1.807, 2.05) is 12.1 Å². The summed E-state index contributed by atoms with van der Waals surface area (Å²) in [6.45, 7) is 0.413. The van der Waals surface area contributed by atoms with Crippen LogP contribution in [0.15, 0.2) is 54.9 Å². The van der Waals surface area contributed by atoms with E-state index in [-0.39, 0.29) is 5.91 Å². The van der Waals surface area contributed by atoms with Crippen molar-refractivity contribution in [1.82, 2.24) is 10.3 Å². The molecule has 1 aromatic carbocycles. The zero-order valence-corrected chi connectivity index (χ0v) is 11.2. The molecule has 1 amide bonds. The monoisotopic (exact) mass is 282 g/mol. The maximum Gasteiger partial charge on any atom is 0.328 e. The Morgan fingerprint density at radius 3 is 2.67 bits per heavy atom. The van der Waals surface area contributed by atoms with E-state index in [0.717, 1.165) is 11.6 Å². The van der Waals surface area contributed by atoms with E-state index >= 15 is 0 Å². The fourth-order valence-corrected chi connectivity index (χ4v) is 1.74. The highest BCUT2D eigenvalue weighted by molar-refractivity contribution is 5.95. The van der Waals surface area contributed by atoms with Crippen molar-refractivity contribution < 1.29 is 14.7 Å². The Kier molecular flexibility index (Phi) is 4.82. The summed E-state index contributed by atoms with van der Waals surface area (Å²) in [5.41, 5.74) is 2.10. The van der Waals surface area contributed by atoms with Crippen LogP contribution in [-0.4, -0.2) is 22.0 Å². The second kappa shape index (κ2) is 7.00. The van der Waals surface area contributed by atoms with Gasteiger partial charge in [0.2, 0.25) is 0 Å². The van der Waals surface area contributed by atoms with Gasteiger partial charge in [0, 0.05) is 30.6 Å². The van der Waals surface area contributed by atoms with Crippen molar-refractivity contribution in [3.05, 3.63) is 71.6 Å². The Hall–Kier alpha value is -2.95. The Bertz CT molecular complexity index is 666. The van der Waals surface area contributed by atoms with E-state index in [2.05, 4.69) is 10.3 Å². The molecule has 5 heteroatoms. The first-order valence-corrected chi connectivity index (χ1v) is 6.33. The SMILES string of the molecule is O=C(O)C=Cc1cccc(C(=O)NCc2ccncc2)c1. The van der Waals surface area contributed by atoms with E-state index in [9.17, 15) is 9.59 Å². The summed E-state index contributed by atoms with van der Waals surface area (Å²) in [6, 6.07) is 10.4. The third-order valence-corrected chi connectivity index (χ3v) is 2.77. The predicted molar refractivity (Wildman–Crippen MR) is 78.5 cm³/mol. The number of amides is 1. The fraction of sp³-hybridized carbons (Fsp3) is 0.0625. The number of carbonyl (C=O) groups is 2. The van der Waals surface area contributed by atoms with Gasteiger partial charge in [-0.05, 0) is 41.5 Å². The average Bonchev–Trinajstić information content (AvgIpc) is 2.52. The molecule has 106 valence electrons. The zero-order valence-electron chi connectivity index (χ0n) is 11.2. The Balaban J connectivity index is 2.02. The summed E-state index contributed by atoms with van der Waals surface area (Å²) in [5, 5.41) is 11.4. The number of hydrogen-bond donors (Lipinski definition) is 2. The minimum atomic E-state index is -1.03. The van der Waals surface area contributed by atoms with Gasteiger partial charge in [0.1, 0.15) is 0 Å². The lowest BCUT2D eigenvalue weighted by Gasteiger charge is -2.05. The van der Waals surface area contributed by atoms with Gasteiger partial charge < -0.3 is 10.4 Å². The molecule has 0 saturated heterocycles. The minimum Gasteiger partial charge on any atom is -0.478 e. The molecule has 21 heavy (non-hydrogen) atoms. The molecule has 0 bridgehead atoms. The molecule has 0 unspecified atom stereocenters. The van der Waals surface area contributed by atoms with Crippen LogP contribution >= 0.6 is 0 Å². The van der Waals surface area contributed by atoms with Crippen LogP contribution in [0, 0.1) is 0 Å². The van der Waals surface area contributed by atoms with Crippen molar-refractivity contribution in [2.75, 3.05) is 0 Å². The molecule has 2 rings (SSSR count). The lowest BCUT2D eigenvalue weighted by Crippen LogP contribution is -2.22. The van der Waals surface area contributed by atoms with Crippen molar-refractivity contribution in [3.8, 4) is 0 Å². The normalized spacial score (nSPS) is 10.5. The van der Waals surface area contributed by atoms with E-state index in [4.69, 9.17) is 5.11 Å². The molecule has 1 aromatic heterocycles. The number of carboxylic acid groups (broad SMARTS) is 1. The molecule has 0 fully saturated rings. The Morgan fingerprint density at radius 2 is 1.95 bits per heavy atom. The highest BCUT2D eigenvalue weighted by atomic mass is 16.4.